The van der Waals surface area contributed by atoms with Crippen molar-refractivity contribution in [3.63, 3.8) is 0 Å². The van der Waals surface area contributed by atoms with E-state index in [1.807, 2.05) is 18.2 Å². The van der Waals surface area contributed by atoms with Gasteiger partial charge in [-0.1, -0.05) is 0 Å². The van der Waals surface area contributed by atoms with E-state index in [1.54, 1.807) is 28.4 Å². The smallest absolute Gasteiger partial charge is 0.254 e. The van der Waals surface area contributed by atoms with Gasteiger partial charge in [0.15, 0.2) is 4.96 Å². The Kier molecular flexibility index (Phi) is 3.50. The first-order valence-corrected chi connectivity index (χ1v) is 7.64. The Hall–Kier alpha value is -2.15. The van der Waals surface area contributed by atoms with Crippen molar-refractivity contribution in [2.75, 3.05) is 0 Å². The Bertz CT molecular complexity index is 798. The van der Waals surface area contributed by atoms with E-state index in [1.165, 1.54) is 4.88 Å². The lowest BCUT2D eigenvalue weighted by Crippen LogP contribution is -2.23. The number of nitrogens with one attached hydrogen (secondary N) is 1. The number of imidazole rings is 1. The molecule has 0 radical (unpaired) electrons. The van der Waals surface area contributed by atoms with Gasteiger partial charge < -0.3 is 5.32 Å². The normalized spacial score (nSPS) is 11.2. The summed E-state index contributed by atoms with van der Waals surface area (Å²) in [6.07, 6.45) is 5.39. The van der Waals surface area contributed by atoms with E-state index in [0.29, 0.717) is 12.1 Å². The highest BCUT2D eigenvalue weighted by molar-refractivity contribution is 7.17. The minimum atomic E-state index is -0.115. The van der Waals surface area contributed by atoms with Gasteiger partial charge in [-0.25, -0.2) is 4.98 Å². The number of aromatic nitrogens is 4. The van der Waals surface area contributed by atoms with Crippen LogP contribution in [-0.2, 0) is 13.1 Å². The van der Waals surface area contributed by atoms with Crippen LogP contribution in [0.25, 0.3) is 4.96 Å². The molecule has 1 amide bonds. The number of fused-ring (bicyclic) bond motifs is 1. The van der Waals surface area contributed by atoms with Gasteiger partial charge in [0.25, 0.3) is 5.91 Å². The number of amides is 1. The van der Waals surface area contributed by atoms with Crippen LogP contribution in [0.3, 0.4) is 0 Å². The van der Waals surface area contributed by atoms with Crippen LogP contribution in [0.5, 0.6) is 0 Å². The Labute approximate surface area is 126 Å². The highest BCUT2D eigenvalue weighted by Gasteiger charge is 2.13. The Balaban J connectivity index is 1.76. The fraction of sp³-hybridized carbons (Fsp3) is 0.357. The van der Waals surface area contributed by atoms with Crippen molar-refractivity contribution in [3.8, 4) is 0 Å². The molecule has 21 heavy (non-hydrogen) atoms. The van der Waals surface area contributed by atoms with Crippen LogP contribution >= 0.6 is 11.3 Å². The Morgan fingerprint density at radius 2 is 2.19 bits per heavy atom. The number of carbonyl (C=O) groups is 1. The average Bonchev–Trinajstić information content (AvgIpc) is 3.11. The van der Waals surface area contributed by atoms with Crippen molar-refractivity contribution in [1.29, 1.82) is 0 Å². The minimum Gasteiger partial charge on any atom is -0.346 e. The lowest BCUT2D eigenvalue weighted by Gasteiger charge is -2.04. The molecule has 3 aromatic rings. The van der Waals surface area contributed by atoms with Gasteiger partial charge in [-0.05, 0) is 20.8 Å². The molecular weight excluding hydrogens is 286 g/mol. The fourth-order valence-electron chi connectivity index (χ4n) is 2.24. The Morgan fingerprint density at radius 3 is 2.90 bits per heavy atom. The van der Waals surface area contributed by atoms with E-state index in [-0.39, 0.29) is 5.91 Å². The molecule has 3 heterocycles. The maximum Gasteiger partial charge on any atom is 0.254 e. The SMILES string of the molecule is CCn1cc(C(=O)NCc2c(C)nc3sc(C)cn23)cn1. The zero-order valence-corrected chi connectivity index (χ0v) is 13.1. The molecule has 6 nitrogen and oxygen atoms in total. The third-order valence-corrected chi connectivity index (χ3v) is 4.27. The van der Waals surface area contributed by atoms with Crippen molar-refractivity contribution >= 4 is 22.2 Å². The molecule has 1 N–H and O–H groups in total. The second-order valence-corrected chi connectivity index (χ2v) is 6.12. The summed E-state index contributed by atoms with van der Waals surface area (Å²) in [5, 5.41) is 7.04. The van der Waals surface area contributed by atoms with Gasteiger partial charge in [0, 0.05) is 23.8 Å². The molecule has 0 spiro atoms. The second kappa shape index (κ2) is 5.33. The van der Waals surface area contributed by atoms with Gasteiger partial charge in [-0.3, -0.25) is 13.9 Å². The molecule has 110 valence electrons. The summed E-state index contributed by atoms with van der Waals surface area (Å²) < 4.78 is 3.78. The Morgan fingerprint density at radius 1 is 1.38 bits per heavy atom. The van der Waals surface area contributed by atoms with Gasteiger partial charge in [-0.2, -0.15) is 5.10 Å². The third kappa shape index (κ3) is 2.56. The summed E-state index contributed by atoms with van der Waals surface area (Å²) in [4.78, 5) is 18.8. The molecule has 0 bridgehead atoms. The van der Waals surface area contributed by atoms with Crippen LogP contribution in [0.15, 0.2) is 18.6 Å². The van der Waals surface area contributed by atoms with Crippen LogP contribution in [0.4, 0.5) is 0 Å². The first-order chi connectivity index (χ1) is 10.1. The summed E-state index contributed by atoms with van der Waals surface area (Å²) in [5.74, 6) is -0.115. The molecule has 0 aromatic carbocycles. The largest absolute Gasteiger partial charge is 0.346 e. The quantitative estimate of drug-likeness (QED) is 0.803. The molecule has 0 saturated heterocycles. The standard InChI is InChI=1S/C14H17N5OS/c1-4-18-8-11(5-16-18)13(20)15-6-12-10(3)17-14-19(12)7-9(2)21-14/h5,7-8H,4,6H2,1-3H3,(H,15,20). The van der Waals surface area contributed by atoms with Gasteiger partial charge >= 0.3 is 0 Å². The highest BCUT2D eigenvalue weighted by atomic mass is 32.1. The molecule has 3 rings (SSSR count). The highest BCUT2D eigenvalue weighted by Crippen LogP contribution is 2.20. The first kappa shape index (κ1) is 13.8. The number of thiazole rings is 1. The molecule has 3 aromatic heterocycles. The lowest BCUT2D eigenvalue weighted by atomic mass is 10.3. The summed E-state index contributed by atoms with van der Waals surface area (Å²) in [5.41, 5.74) is 2.55. The fourth-order valence-corrected chi connectivity index (χ4v) is 3.13. The van der Waals surface area contributed by atoms with Crippen molar-refractivity contribution < 1.29 is 4.79 Å². The number of carbonyl (C=O) groups excluding carboxylic acids is 1. The molecule has 0 atom stereocenters. The predicted octanol–water partition coefficient (Wildman–Crippen LogP) is 2.16. The van der Waals surface area contributed by atoms with Crippen LogP contribution in [0, 0.1) is 13.8 Å². The van der Waals surface area contributed by atoms with Gasteiger partial charge in [0.1, 0.15) is 0 Å². The van der Waals surface area contributed by atoms with E-state index in [9.17, 15) is 4.79 Å². The van der Waals surface area contributed by atoms with Crippen LogP contribution in [-0.4, -0.2) is 25.1 Å². The second-order valence-electron chi connectivity index (χ2n) is 4.91. The zero-order chi connectivity index (χ0) is 15.0. The van der Waals surface area contributed by atoms with Gasteiger partial charge in [0.2, 0.25) is 0 Å². The van der Waals surface area contributed by atoms with Crippen LogP contribution in [0.1, 0.15) is 33.5 Å². The van der Waals surface area contributed by atoms with Crippen LogP contribution < -0.4 is 5.32 Å². The molecule has 0 aliphatic rings. The van der Waals surface area contributed by atoms with Crippen molar-refractivity contribution in [2.45, 2.75) is 33.9 Å². The molecule has 0 unspecified atom stereocenters. The van der Waals surface area contributed by atoms with E-state index in [4.69, 9.17) is 0 Å². The first-order valence-electron chi connectivity index (χ1n) is 6.83. The molecule has 7 heteroatoms. The summed E-state index contributed by atoms with van der Waals surface area (Å²) in [6.45, 7) is 7.21. The third-order valence-electron chi connectivity index (χ3n) is 3.38. The van der Waals surface area contributed by atoms with Crippen molar-refractivity contribution in [3.05, 3.63) is 40.4 Å². The zero-order valence-electron chi connectivity index (χ0n) is 12.3. The summed E-state index contributed by atoms with van der Waals surface area (Å²) in [6, 6.07) is 0. The molecule has 0 saturated carbocycles. The lowest BCUT2D eigenvalue weighted by molar-refractivity contribution is 0.0950. The van der Waals surface area contributed by atoms with Gasteiger partial charge in [-0.15, -0.1) is 11.3 Å². The number of rotatable bonds is 4. The van der Waals surface area contributed by atoms with Crippen LogP contribution in [0.2, 0.25) is 0 Å². The molecule has 0 aliphatic heterocycles. The number of hydrogen-bond donors (Lipinski definition) is 1. The minimum absolute atomic E-state index is 0.115. The van der Waals surface area contributed by atoms with Crippen molar-refractivity contribution in [2.24, 2.45) is 0 Å². The monoisotopic (exact) mass is 303 g/mol. The maximum atomic E-state index is 12.1. The maximum absolute atomic E-state index is 12.1. The average molecular weight is 303 g/mol. The number of aryl methyl sites for hydroxylation is 3. The van der Waals surface area contributed by atoms with Gasteiger partial charge in [0.05, 0.1) is 29.7 Å². The van der Waals surface area contributed by atoms with E-state index < -0.39 is 0 Å². The topological polar surface area (TPSA) is 64.2 Å². The molecular formula is C14H17N5OS. The number of nitrogens with zero attached hydrogens (tertiary/aromatic N) is 4. The van der Waals surface area contributed by atoms with E-state index in [0.717, 1.165) is 22.9 Å². The summed E-state index contributed by atoms with van der Waals surface area (Å²) >= 11 is 1.65. The number of hydrogen-bond acceptors (Lipinski definition) is 4. The van der Waals surface area contributed by atoms with E-state index in [2.05, 4.69) is 28.5 Å². The summed E-state index contributed by atoms with van der Waals surface area (Å²) in [7, 11) is 0. The molecule has 0 fully saturated rings. The van der Waals surface area contributed by atoms with E-state index >= 15 is 0 Å². The predicted molar refractivity (Wildman–Crippen MR) is 81.6 cm³/mol. The molecule has 0 aliphatic carbocycles. The van der Waals surface area contributed by atoms with Crippen molar-refractivity contribution in [1.82, 2.24) is 24.5 Å².